The fourth-order valence-corrected chi connectivity index (χ4v) is 3.18. The van der Waals surface area contributed by atoms with E-state index >= 15 is 0 Å². The Morgan fingerprint density at radius 3 is 2.39 bits per heavy atom. The summed E-state index contributed by atoms with van der Waals surface area (Å²) in [4.78, 5) is 0. The van der Waals surface area contributed by atoms with Gasteiger partial charge in [-0.05, 0) is 56.8 Å². The van der Waals surface area contributed by atoms with E-state index < -0.39 is 0 Å². The summed E-state index contributed by atoms with van der Waals surface area (Å²) in [6.45, 7) is 13.3. The number of allylic oxidation sites excluding steroid dienone is 1. The van der Waals surface area contributed by atoms with Crippen molar-refractivity contribution >= 4 is 0 Å². The summed E-state index contributed by atoms with van der Waals surface area (Å²) >= 11 is 0. The Kier molecular flexibility index (Phi) is 6.42. The van der Waals surface area contributed by atoms with Gasteiger partial charge in [-0.3, -0.25) is 0 Å². The van der Waals surface area contributed by atoms with Gasteiger partial charge < -0.3 is 5.32 Å². The summed E-state index contributed by atoms with van der Waals surface area (Å²) in [7, 11) is 0. The highest BCUT2D eigenvalue weighted by atomic mass is 14.9. The van der Waals surface area contributed by atoms with E-state index in [4.69, 9.17) is 0 Å². The third-order valence-corrected chi connectivity index (χ3v) is 5.07. The van der Waals surface area contributed by atoms with Crippen LogP contribution in [0.2, 0.25) is 0 Å². The molecule has 1 heteroatoms. The lowest BCUT2D eigenvalue weighted by Crippen LogP contribution is -2.40. The van der Waals surface area contributed by atoms with Crippen LogP contribution >= 0.6 is 0 Å². The molecule has 1 atom stereocenters. The van der Waals surface area contributed by atoms with Crippen LogP contribution in [0, 0.1) is 11.3 Å². The Morgan fingerprint density at radius 2 is 1.89 bits per heavy atom. The van der Waals surface area contributed by atoms with Crippen molar-refractivity contribution in [2.24, 2.45) is 11.3 Å². The maximum absolute atomic E-state index is 3.80. The first-order chi connectivity index (χ1) is 8.49. The number of nitrogens with one attached hydrogen (secondary N) is 1. The van der Waals surface area contributed by atoms with Crippen LogP contribution < -0.4 is 5.32 Å². The lowest BCUT2D eigenvalue weighted by atomic mass is 9.69. The van der Waals surface area contributed by atoms with Crippen LogP contribution in [-0.4, -0.2) is 12.1 Å². The molecule has 1 unspecified atom stereocenters. The minimum atomic E-state index is 0.541. The normalized spacial score (nSPS) is 26.9. The van der Waals surface area contributed by atoms with Gasteiger partial charge in [0.2, 0.25) is 0 Å². The van der Waals surface area contributed by atoms with E-state index in [1.807, 2.05) is 6.08 Å². The van der Waals surface area contributed by atoms with Gasteiger partial charge >= 0.3 is 0 Å². The Labute approximate surface area is 114 Å². The molecular weight excluding hydrogens is 218 g/mol. The van der Waals surface area contributed by atoms with E-state index in [-0.39, 0.29) is 0 Å². The van der Waals surface area contributed by atoms with Crippen molar-refractivity contribution in [1.29, 1.82) is 0 Å². The second-order valence-corrected chi connectivity index (χ2v) is 6.82. The zero-order valence-electron chi connectivity index (χ0n) is 13.0. The third-order valence-electron chi connectivity index (χ3n) is 5.07. The predicted molar refractivity (Wildman–Crippen MR) is 81.8 cm³/mol. The fraction of sp³-hybridized carbons (Fsp3) is 0.882. The molecule has 1 N–H and O–H groups in total. The van der Waals surface area contributed by atoms with Gasteiger partial charge in [-0.2, -0.15) is 0 Å². The summed E-state index contributed by atoms with van der Waals surface area (Å²) in [6.07, 6.45) is 11.2. The highest BCUT2D eigenvalue weighted by Crippen LogP contribution is 2.40. The van der Waals surface area contributed by atoms with Gasteiger partial charge in [0.05, 0.1) is 0 Å². The van der Waals surface area contributed by atoms with Crippen molar-refractivity contribution in [2.45, 2.75) is 84.7 Å². The van der Waals surface area contributed by atoms with Crippen molar-refractivity contribution in [3.8, 4) is 0 Å². The summed E-state index contributed by atoms with van der Waals surface area (Å²) in [6, 6.07) is 1.40. The Hall–Kier alpha value is -0.300. The van der Waals surface area contributed by atoms with Gasteiger partial charge in [-0.1, -0.05) is 33.3 Å². The molecule has 0 aromatic carbocycles. The van der Waals surface area contributed by atoms with E-state index in [0.29, 0.717) is 11.5 Å². The largest absolute Gasteiger partial charge is 0.311 e. The van der Waals surface area contributed by atoms with Crippen LogP contribution in [0.4, 0.5) is 0 Å². The first-order valence-electron chi connectivity index (χ1n) is 7.86. The number of hydrogen-bond donors (Lipinski definition) is 1. The lowest BCUT2D eigenvalue weighted by Gasteiger charge is -2.39. The topological polar surface area (TPSA) is 12.0 Å². The molecule has 106 valence electrons. The average molecular weight is 251 g/mol. The van der Waals surface area contributed by atoms with E-state index in [0.717, 1.165) is 18.4 Å². The van der Waals surface area contributed by atoms with Crippen molar-refractivity contribution in [2.75, 3.05) is 0 Å². The number of hydrogen-bond acceptors (Lipinski definition) is 1. The highest BCUT2D eigenvalue weighted by Gasteiger charge is 2.31. The molecule has 0 amide bonds. The van der Waals surface area contributed by atoms with Gasteiger partial charge in [0.25, 0.3) is 0 Å². The Morgan fingerprint density at radius 1 is 1.28 bits per heavy atom. The molecule has 0 heterocycles. The van der Waals surface area contributed by atoms with Gasteiger partial charge in [-0.25, -0.2) is 0 Å². The third kappa shape index (κ3) is 4.76. The maximum Gasteiger partial charge on any atom is 0.00697 e. The molecule has 18 heavy (non-hydrogen) atoms. The first kappa shape index (κ1) is 15.8. The van der Waals surface area contributed by atoms with Crippen molar-refractivity contribution in [3.05, 3.63) is 12.7 Å². The minimum Gasteiger partial charge on any atom is -0.311 e. The van der Waals surface area contributed by atoms with Crippen LogP contribution in [0.15, 0.2) is 12.7 Å². The smallest absolute Gasteiger partial charge is 0.00697 e. The van der Waals surface area contributed by atoms with Gasteiger partial charge in [0, 0.05) is 12.1 Å². The van der Waals surface area contributed by atoms with Crippen LogP contribution in [0.1, 0.15) is 72.6 Å². The van der Waals surface area contributed by atoms with Crippen LogP contribution in [-0.2, 0) is 0 Å². The molecule has 0 saturated heterocycles. The molecule has 1 aliphatic carbocycles. The summed E-state index contributed by atoms with van der Waals surface area (Å²) < 4.78 is 0. The molecule has 1 rings (SSSR count). The second-order valence-electron chi connectivity index (χ2n) is 6.82. The summed E-state index contributed by atoms with van der Waals surface area (Å²) in [5.41, 5.74) is 0.541. The fourth-order valence-electron chi connectivity index (χ4n) is 3.18. The Balaban J connectivity index is 2.29. The van der Waals surface area contributed by atoms with Gasteiger partial charge in [0.15, 0.2) is 0 Å². The zero-order valence-corrected chi connectivity index (χ0v) is 13.0. The Bertz CT molecular complexity index is 236. The summed E-state index contributed by atoms with van der Waals surface area (Å²) in [5.74, 6) is 0.934. The zero-order chi connectivity index (χ0) is 13.6. The first-order valence-corrected chi connectivity index (χ1v) is 7.86. The molecule has 1 nitrogen and oxygen atoms in total. The lowest BCUT2D eigenvalue weighted by molar-refractivity contribution is 0.134. The quantitative estimate of drug-likeness (QED) is 0.633. The molecule has 0 bridgehead atoms. The van der Waals surface area contributed by atoms with E-state index in [1.165, 1.54) is 38.5 Å². The highest BCUT2D eigenvalue weighted by molar-refractivity contribution is 4.86. The SMILES string of the molecule is C=CCCC(C)NC1CCC(C(C)(C)CC)CC1. The van der Waals surface area contributed by atoms with Gasteiger partial charge in [-0.15, -0.1) is 6.58 Å². The van der Waals surface area contributed by atoms with E-state index in [1.54, 1.807) is 0 Å². The molecule has 1 fully saturated rings. The monoisotopic (exact) mass is 251 g/mol. The van der Waals surface area contributed by atoms with Crippen molar-refractivity contribution in [3.63, 3.8) is 0 Å². The molecule has 0 aromatic heterocycles. The van der Waals surface area contributed by atoms with Crippen molar-refractivity contribution in [1.82, 2.24) is 5.32 Å². The molecule has 1 saturated carbocycles. The molecular formula is C17H33N. The van der Waals surface area contributed by atoms with E-state index in [9.17, 15) is 0 Å². The van der Waals surface area contributed by atoms with Crippen LogP contribution in [0.3, 0.4) is 0 Å². The minimum absolute atomic E-state index is 0.541. The second kappa shape index (κ2) is 7.33. The van der Waals surface area contributed by atoms with Crippen molar-refractivity contribution < 1.29 is 0 Å². The van der Waals surface area contributed by atoms with Gasteiger partial charge in [0.1, 0.15) is 0 Å². The van der Waals surface area contributed by atoms with Crippen LogP contribution in [0.25, 0.3) is 0 Å². The van der Waals surface area contributed by atoms with Crippen LogP contribution in [0.5, 0.6) is 0 Å². The maximum atomic E-state index is 3.80. The summed E-state index contributed by atoms with van der Waals surface area (Å²) in [5, 5.41) is 3.80. The molecule has 1 aliphatic rings. The average Bonchev–Trinajstić information content (AvgIpc) is 2.37. The molecule has 0 radical (unpaired) electrons. The van der Waals surface area contributed by atoms with E-state index in [2.05, 4.69) is 39.6 Å². The molecule has 0 spiro atoms. The molecule has 0 aromatic rings. The predicted octanol–water partition coefficient (Wildman–Crippen LogP) is 4.93. The molecule has 0 aliphatic heterocycles. The number of rotatable bonds is 7. The standard InChI is InChI=1S/C17H33N/c1-6-8-9-14(3)18-16-12-10-15(11-13-16)17(4,5)7-2/h6,14-16,18H,1,7-13H2,2-5H3.